The molecule has 0 radical (unpaired) electrons. The zero-order valence-corrected chi connectivity index (χ0v) is 14.4. The molecule has 0 saturated carbocycles. The van der Waals surface area contributed by atoms with E-state index in [1.807, 2.05) is 13.8 Å². The monoisotopic (exact) mass is 348 g/mol. The second kappa shape index (κ2) is 7.80. The molecule has 0 aliphatic carbocycles. The molecule has 1 amide bonds. The summed E-state index contributed by atoms with van der Waals surface area (Å²) in [6.45, 7) is 3.76. The van der Waals surface area contributed by atoms with Crippen LogP contribution in [0.25, 0.3) is 0 Å². The summed E-state index contributed by atoms with van der Waals surface area (Å²) in [5.41, 5.74) is 6.14. The van der Waals surface area contributed by atoms with E-state index in [9.17, 15) is 13.2 Å². The molecule has 3 N–H and O–H groups in total. The van der Waals surface area contributed by atoms with Gasteiger partial charge in [-0.2, -0.15) is 0 Å². The Labute approximate surface area is 135 Å². The Morgan fingerprint density at radius 1 is 1.41 bits per heavy atom. The number of benzene rings is 1. The van der Waals surface area contributed by atoms with Crippen LogP contribution in [0.3, 0.4) is 0 Å². The smallest absolute Gasteiger partial charge is 0.241 e. The van der Waals surface area contributed by atoms with Gasteiger partial charge in [-0.3, -0.25) is 4.79 Å². The summed E-state index contributed by atoms with van der Waals surface area (Å²) in [6, 6.07) is 3.95. The zero-order chi connectivity index (χ0) is 16.9. The van der Waals surface area contributed by atoms with Gasteiger partial charge in [-0.15, -0.1) is 0 Å². The number of hydrogen-bond donors (Lipinski definition) is 2. The van der Waals surface area contributed by atoms with Crippen LogP contribution in [-0.4, -0.2) is 38.5 Å². The Balaban J connectivity index is 2.66. The number of nitrogens with one attached hydrogen (secondary N) is 1. The third-order valence-corrected chi connectivity index (χ3v) is 3.97. The third-order valence-electron chi connectivity index (χ3n) is 2.70. The van der Waals surface area contributed by atoms with Crippen molar-refractivity contribution in [1.82, 2.24) is 0 Å². The number of sulfone groups is 1. The van der Waals surface area contributed by atoms with Crippen molar-refractivity contribution in [3.05, 3.63) is 23.2 Å². The number of anilines is 1. The number of nitrogens with two attached hydrogens (primary N) is 1. The molecule has 0 aliphatic rings. The van der Waals surface area contributed by atoms with Crippen LogP contribution in [0.2, 0.25) is 5.02 Å². The van der Waals surface area contributed by atoms with E-state index in [4.69, 9.17) is 22.1 Å². The van der Waals surface area contributed by atoms with Crippen molar-refractivity contribution in [2.45, 2.75) is 32.4 Å². The van der Waals surface area contributed by atoms with Gasteiger partial charge in [0.1, 0.15) is 15.6 Å². The topological polar surface area (TPSA) is 98.5 Å². The first-order valence-corrected chi connectivity index (χ1v) is 9.22. The Hall–Kier alpha value is -1.31. The SMILES string of the molecule is CC(C)Oc1ccc(NC(=O)C(N)CCS(C)(=O)=O)cc1Cl. The van der Waals surface area contributed by atoms with Crippen LogP contribution >= 0.6 is 11.6 Å². The van der Waals surface area contributed by atoms with Crippen molar-refractivity contribution in [2.75, 3.05) is 17.3 Å². The number of rotatable bonds is 7. The molecule has 0 fully saturated rings. The van der Waals surface area contributed by atoms with E-state index in [2.05, 4.69) is 5.32 Å². The summed E-state index contributed by atoms with van der Waals surface area (Å²) in [4.78, 5) is 11.9. The maximum absolute atomic E-state index is 11.9. The van der Waals surface area contributed by atoms with Crippen molar-refractivity contribution in [2.24, 2.45) is 5.73 Å². The highest BCUT2D eigenvalue weighted by atomic mass is 35.5. The van der Waals surface area contributed by atoms with Crippen molar-refractivity contribution >= 4 is 33.0 Å². The predicted octanol–water partition coefficient (Wildman–Crippen LogP) is 1.83. The Kier molecular flexibility index (Phi) is 6.65. The number of halogens is 1. The van der Waals surface area contributed by atoms with E-state index >= 15 is 0 Å². The van der Waals surface area contributed by atoms with Gasteiger partial charge in [0.15, 0.2) is 0 Å². The van der Waals surface area contributed by atoms with E-state index in [1.165, 1.54) is 0 Å². The highest BCUT2D eigenvalue weighted by Gasteiger charge is 2.16. The molecule has 22 heavy (non-hydrogen) atoms. The first-order chi connectivity index (χ1) is 10.1. The predicted molar refractivity (Wildman–Crippen MR) is 88.1 cm³/mol. The van der Waals surface area contributed by atoms with Gasteiger partial charge in [0.2, 0.25) is 5.91 Å². The lowest BCUT2D eigenvalue weighted by atomic mass is 10.2. The Morgan fingerprint density at radius 3 is 2.55 bits per heavy atom. The molecule has 1 aromatic carbocycles. The van der Waals surface area contributed by atoms with Crippen LogP contribution in [0.5, 0.6) is 5.75 Å². The molecule has 124 valence electrons. The van der Waals surface area contributed by atoms with Gasteiger partial charge in [-0.25, -0.2) is 8.42 Å². The summed E-state index contributed by atoms with van der Waals surface area (Å²) in [7, 11) is -3.15. The number of amides is 1. The largest absolute Gasteiger partial charge is 0.489 e. The molecule has 0 bridgehead atoms. The van der Waals surface area contributed by atoms with Crippen LogP contribution in [-0.2, 0) is 14.6 Å². The fourth-order valence-electron chi connectivity index (χ4n) is 1.64. The van der Waals surface area contributed by atoms with E-state index in [0.717, 1.165) is 6.26 Å². The average molecular weight is 349 g/mol. The lowest BCUT2D eigenvalue weighted by Gasteiger charge is -2.14. The van der Waals surface area contributed by atoms with E-state index in [0.29, 0.717) is 16.5 Å². The molecular weight excluding hydrogens is 328 g/mol. The van der Waals surface area contributed by atoms with E-state index in [1.54, 1.807) is 18.2 Å². The summed E-state index contributed by atoms with van der Waals surface area (Å²) in [6.07, 6.45) is 1.15. The minimum atomic E-state index is -3.15. The van der Waals surface area contributed by atoms with E-state index < -0.39 is 21.8 Å². The molecule has 1 unspecified atom stereocenters. The first-order valence-electron chi connectivity index (χ1n) is 6.79. The number of carbonyl (C=O) groups excluding carboxylic acids is 1. The summed E-state index contributed by atoms with van der Waals surface area (Å²) in [5.74, 6) is -0.0722. The Morgan fingerprint density at radius 2 is 2.05 bits per heavy atom. The maximum atomic E-state index is 11.9. The molecule has 0 aliphatic heterocycles. The molecule has 0 spiro atoms. The molecule has 1 rings (SSSR count). The maximum Gasteiger partial charge on any atom is 0.241 e. The standard InChI is InChI=1S/C14H21ClN2O4S/c1-9(2)21-13-5-4-10(8-11(13)15)17-14(18)12(16)6-7-22(3,19)20/h4-5,8-9,12H,6-7,16H2,1-3H3,(H,17,18). The fourth-order valence-corrected chi connectivity index (χ4v) is 2.54. The molecule has 8 heteroatoms. The van der Waals surface area contributed by atoms with Gasteiger partial charge in [0, 0.05) is 11.9 Å². The second-order valence-corrected chi connectivity index (χ2v) is 7.99. The number of carbonyl (C=O) groups is 1. The minimum absolute atomic E-state index is 0.0117. The molecule has 1 atom stereocenters. The molecule has 6 nitrogen and oxygen atoms in total. The highest BCUT2D eigenvalue weighted by molar-refractivity contribution is 7.90. The lowest BCUT2D eigenvalue weighted by Crippen LogP contribution is -2.37. The average Bonchev–Trinajstić information content (AvgIpc) is 2.37. The van der Waals surface area contributed by atoms with Gasteiger partial charge in [0.05, 0.1) is 22.9 Å². The third kappa shape index (κ3) is 6.64. The zero-order valence-electron chi connectivity index (χ0n) is 12.8. The summed E-state index contributed by atoms with van der Waals surface area (Å²) >= 11 is 6.07. The van der Waals surface area contributed by atoms with Crippen molar-refractivity contribution in [3.8, 4) is 5.75 Å². The molecular formula is C14H21ClN2O4S. The van der Waals surface area contributed by atoms with Gasteiger partial charge in [0.25, 0.3) is 0 Å². The van der Waals surface area contributed by atoms with Gasteiger partial charge >= 0.3 is 0 Å². The fraction of sp³-hybridized carbons (Fsp3) is 0.500. The normalized spacial score (nSPS) is 13.0. The van der Waals surface area contributed by atoms with Crippen molar-refractivity contribution in [3.63, 3.8) is 0 Å². The second-order valence-electron chi connectivity index (χ2n) is 5.33. The molecule has 0 heterocycles. The van der Waals surface area contributed by atoms with Crippen molar-refractivity contribution in [1.29, 1.82) is 0 Å². The van der Waals surface area contributed by atoms with E-state index in [-0.39, 0.29) is 18.3 Å². The van der Waals surface area contributed by atoms with Crippen LogP contribution in [0, 0.1) is 0 Å². The molecule has 0 aromatic heterocycles. The molecule has 0 saturated heterocycles. The summed E-state index contributed by atoms with van der Waals surface area (Å²) in [5, 5.41) is 2.97. The van der Waals surface area contributed by atoms with Gasteiger partial charge in [-0.1, -0.05) is 11.6 Å². The van der Waals surface area contributed by atoms with Crippen LogP contribution in [0.1, 0.15) is 20.3 Å². The highest BCUT2D eigenvalue weighted by Crippen LogP contribution is 2.28. The van der Waals surface area contributed by atoms with Crippen LogP contribution < -0.4 is 15.8 Å². The van der Waals surface area contributed by atoms with Crippen molar-refractivity contribution < 1.29 is 17.9 Å². The first kappa shape index (κ1) is 18.7. The van der Waals surface area contributed by atoms with Gasteiger partial charge in [-0.05, 0) is 38.5 Å². The van der Waals surface area contributed by atoms with Crippen LogP contribution in [0.15, 0.2) is 18.2 Å². The minimum Gasteiger partial charge on any atom is -0.489 e. The van der Waals surface area contributed by atoms with Gasteiger partial charge < -0.3 is 15.8 Å². The lowest BCUT2D eigenvalue weighted by molar-refractivity contribution is -0.117. The number of ether oxygens (including phenoxy) is 1. The van der Waals surface area contributed by atoms with Crippen LogP contribution in [0.4, 0.5) is 5.69 Å². The number of hydrogen-bond acceptors (Lipinski definition) is 5. The quantitative estimate of drug-likeness (QED) is 0.783. The Bertz CT molecular complexity index is 632. The summed E-state index contributed by atoms with van der Waals surface area (Å²) < 4.78 is 27.6. The molecule has 1 aromatic rings.